The lowest BCUT2D eigenvalue weighted by molar-refractivity contribution is 0.221. The summed E-state index contributed by atoms with van der Waals surface area (Å²) in [5.41, 5.74) is 5.14. The van der Waals surface area contributed by atoms with Crippen LogP contribution in [0, 0.1) is 20.8 Å². The van der Waals surface area contributed by atoms with Gasteiger partial charge in [0, 0.05) is 12.8 Å². The minimum absolute atomic E-state index is 0.559. The predicted molar refractivity (Wildman–Crippen MR) is 56.2 cm³/mol. The van der Waals surface area contributed by atoms with Crippen molar-refractivity contribution in [3.05, 3.63) is 28.8 Å². The molecule has 0 fully saturated rings. The number of nitrogens with one attached hydrogen (secondary N) is 1. The summed E-state index contributed by atoms with van der Waals surface area (Å²) < 4.78 is 4.96. The fourth-order valence-corrected chi connectivity index (χ4v) is 1.30. The van der Waals surface area contributed by atoms with E-state index in [1.54, 1.807) is 7.11 Å². The summed E-state index contributed by atoms with van der Waals surface area (Å²) in [6.45, 7) is 6.95. The Balaban J connectivity index is 2.90. The van der Waals surface area contributed by atoms with Crippen molar-refractivity contribution in [3.63, 3.8) is 0 Å². The number of rotatable bonds is 3. The van der Waals surface area contributed by atoms with Gasteiger partial charge in [0.05, 0.1) is 0 Å². The lowest BCUT2D eigenvalue weighted by Gasteiger charge is -2.12. The molecule has 0 saturated heterocycles. The van der Waals surface area contributed by atoms with E-state index in [1.165, 1.54) is 16.7 Å². The molecule has 0 heterocycles. The van der Waals surface area contributed by atoms with Crippen LogP contribution in [0.15, 0.2) is 12.1 Å². The average Bonchev–Trinajstić information content (AvgIpc) is 2.13. The monoisotopic (exact) mass is 179 g/mol. The largest absolute Gasteiger partial charge is 0.365 e. The van der Waals surface area contributed by atoms with Gasteiger partial charge in [0.25, 0.3) is 0 Å². The van der Waals surface area contributed by atoms with Crippen molar-refractivity contribution in [2.45, 2.75) is 20.8 Å². The fraction of sp³-hybridized carbons (Fsp3) is 0.455. The number of ether oxygens (including phenoxy) is 1. The van der Waals surface area contributed by atoms with Crippen LogP contribution >= 0.6 is 0 Å². The van der Waals surface area contributed by atoms with Gasteiger partial charge in [-0.3, -0.25) is 0 Å². The zero-order valence-corrected chi connectivity index (χ0v) is 8.77. The third-order valence-electron chi connectivity index (χ3n) is 2.46. The Morgan fingerprint density at radius 2 is 1.85 bits per heavy atom. The highest BCUT2D eigenvalue weighted by atomic mass is 16.5. The van der Waals surface area contributed by atoms with E-state index < -0.39 is 0 Å². The summed E-state index contributed by atoms with van der Waals surface area (Å²) >= 11 is 0. The smallest absolute Gasteiger partial charge is 0.116 e. The Hall–Kier alpha value is -1.02. The van der Waals surface area contributed by atoms with Crippen LogP contribution in [0.3, 0.4) is 0 Å². The number of benzene rings is 1. The van der Waals surface area contributed by atoms with Gasteiger partial charge >= 0.3 is 0 Å². The molecule has 0 saturated carbocycles. The molecule has 1 aromatic carbocycles. The number of hydrogen-bond donors (Lipinski definition) is 1. The Labute approximate surface area is 79.9 Å². The van der Waals surface area contributed by atoms with Gasteiger partial charge in [-0.2, -0.15) is 0 Å². The highest BCUT2D eigenvalue weighted by Crippen LogP contribution is 2.21. The van der Waals surface area contributed by atoms with E-state index in [-0.39, 0.29) is 0 Å². The molecule has 0 aliphatic carbocycles. The molecule has 0 radical (unpaired) electrons. The van der Waals surface area contributed by atoms with Crippen LogP contribution in [-0.4, -0.2) is 13.8 Å². The summed E-state index contributed by atoms with van der Waals surface area (Å²) in [6, 6.07) is 4.22. The molecule has 2 nitrogen and oxygen atoms in total. The molecule has 0 aliphatic rings. The van der Waals surface area contributed by atoms with Crippen LogP contribution in [0.2, 0.25) is 0 Å². The summed E-state index contributed by atoms with van der Waals surface area (Å²) in [7, 11) is 1.68. The van der Waals surface area contributed by atoms with E-state index in [4.69, 9.17) is 4.74 Å². The maximum Gasteiger partial charge on any atom is 0.116 e. The van der Waals surface area contributed by atoms with E-state index in [9.17, 15) is 0 Å². The number of hydrogen-bond acceptors (Lipinski definition) is 2. The first-order chi connectivity index (χ1) is 6.16. The molecule has 0 atom stereocenters. The summed E-state index contributed by atoms with van der Waals surface area (Å²) in [6.07, 6.45) is 0. The number of aryl methyl sites for hydroxylation is 1. The van der Waals surface area contributed by atoms with Gasteiger partial charge in [-0.1, -0.05) is 6.07 Å². The SMILES string of the molecule is COCNc1ccc(C)c(C)c1C. The van der Waals surface area contributed by atoms with Crippen molar-refractivity contribution in [1.29, 1.82) is 0 Å². The maximum atomic E-state index is 4.96. The standard InChI is InChI=1S/C11H17NO/c1-8-5-6-11(12-7-13-4)10(3)9(8)2/h5-6,12H,7H2,1-4H3. The second kappa shape index (κ2) is 4.28. The van der Waals surface area contributed by atoms with Crippen LogP contribution in [0.4, 0.5) is 5.69 Å². The van der Waals surface area contributed by atoms with Crippen LogP contribution in [0.5, 0.6) is 0 Å². The normalized spacial score (nSPS) is 10.2. The van der Waals surface area contributed by atoms with E-state index in [1.807, 2.05) is 0 Å². The third kappa shape index (κ3) is 2.22. The van der Waals surface area contributed by atoms with Crippen molar-refractivity contribution in [3.8, 4) is 0 Å². The van der Waals surface area contributed by atoms with Crippen molar-refractivity contribution >= 4 is 5.69 Å². The van der Waals surface area contributed by atoms with E-state index in [2.05, 4.69) is 38.2 Å². The average molecular weight is 179 g/mol. The zero-order chi connectivity index (χ0) is 9.84. The fourth-order valence-electron chi connectivity index (χ4n) is 1.30. The summed E-state index contributed by atoms with van der Waals surface area (Å²) in [5.74, 6) is 0. The first kappa shape index (κ1) is 10.1. The van der Waals surface area contributed by atoms with Crippen LogP contribution in [0.25, 0.3) is 0 Å². The van der Waals surface area contributed by atoms with E-state index in [0.29, 0.717) is 6.73 Å². The second-order valence-corrected chi connectivity index (χ2v) is 3.29. The first-order valence-corrected chi connectivity index (χ1v) is 4.46. The van der Waals surface area contributed by atoms with Crippen molar-refractivity contribution in [2.24, 2.45) is 0 Å². The first-order valence-electron chi connectivity index (χ1n) is 4.46. The van der Waals surface area contributed by atoms with Crippen molar-refractivity contribution in [2.75, 3.05) is 19.2 Å². The lowest BCUT2D eigenvalue weighted by Crippen LogP contribution is -2.05. The predicted octanol–water partition coefficient (Wildman–Crippen LogP) is 2.63. The molecule has 13 heavy (non-hydrogen) atoms. The topological polar surface area (TPSA) is 21.3 Å². The Bertz CT molecular complexity index is 294. The molecule has 0 bridgehead atoms. The molecule has 1 rings (SSSR count). The van der Waals surface area contributed by atoms with Gasteiger partial charge in [0.15, 0.2) is 0 Å². The van der Waals surface area contributed by atoms with Crippen LogP contribution < -0.4 is 5.32 Å². The Morgan fingerprint density at radius 1 is 1.15 bits per heavy atom. The summed E-state index contributed by atoms with van der Waals surface area (Å²) in [5, 5.41) is 3.21. The Kier molecular flexibility index (Phi) is 3.32. The molecule has 0 aromatic heterocycles. The third-order valence-corrected chi connectivity index (χ3v) is 2.46. The molecule has 0 unspecified atom stereocenters. The highest BCUT2D eigenvalue weighted by Gasteiger charge is 2.01. The number of methoxy groups -OCH3 is 1. The maximum absolute atomic E-state index is 4.96. The van der Waals surface area contributed by atoms with Gasteiger partial charge in [-0.05, 0) is 43.5 Å². The minimum atomic E-state index is 0.559. The van der Waals surface area contributed by atoms with Crippen LogP contribution in [0.1, 0.15) is 16.7 Å². The van der Waals surface area contributed by atoms with Gasteiger partial charge < -0.3 is 10.1 Å². The van der Waals surface area contributed by atoms with Crippen LogP contribution in [-0.2, 0) is 4.74 Å². The molecule has 0 aliphatic heterocycles. The van der Waals surface area contributed by atoms with E-state index in [0.717, 1.165) is 5.69 Å². The lowest BCUT2D eigenvalue weighted by atomic mass is 10.0. The van der Waals surface area contributed by atoms with Crippen molar-refractivity contribution in [1.82, 2.24) is 0 Å². The molecule has 2 heteroatoms. The highest BCUT2D eigenvalue weighted by molar-refractivity contribution is 5.55. The van der Waals surface area contributed by atoms with Gasteiger partial charge in [0.1, 0.15) is 6.73 Å². The second-order valence-electron chi connectivity index (χ2n) is 3.29. The molecule has 0 spiro atoms. The van der Waals surface area contributed by atoms with E-state index >= 15 is 0 Å². The van der Waals surface area contributed by atoms with Crippen molar-refractivity contribution < 1.29 is 4.74 Å². The molecule has 72 valence electrons. The molecular formula is C11H17NO. The number of anilines is 1. The quantitative estimate of drug-likeness (QED) is 0.720. The van der Waals surface area contributed by atoms with Gasteiger partial charge in [0.2, 0.25) is 0 Å². The molecular weight excluding hydrogens is 162 g/mol. The molecule has 0 amide bonds. The molecule has 1 N–H and O–H groups in total. The van der Waals surface area contributed by atoms with Gasteiger partial charge in [-0.15, -0.1) is 0 Å². The zero-order valence-electron chi connectivity index (χ0n) is 8.77. The minimum Gasteiger partial charge on any atom is -0.365 e. The summed E-state index contributed by atoms with van der Waals surface area (Å²) in [4.78, 5) is 0. The Morgan fingerprint density at radius 3 is 2.46 bits per heavy atom. The molecule has 1 aromatic rings. The van der Waals surface area contributed by atoms with Gasteiger partial charge in [-0.25, -0.2) is 0 Å².